The van der Waals surface area contributed by atoms with Crippen LogP contribution in [0.1, 0.15) is 42.1 Å². The summed E-state index contributed by atoms with van der Waals surface area (Å²) in [5.41, 5.74) is 13.8. The summed E-state index contributed by atoms with van der Waals surface area (Å²) in [5.74, 6) is -0.347. The molecule has 30 heavy (non-hydrogen) atoms. The summed E-state index contributed by atoms with van der Waals surface area (Å²) >= 11 is 0. The quantitative estimate of drug-likeness (QED) is 0.506. The number of nitrogens with one attached hydrogen (secondary N) is 2. The van der Waals surface area contributed by atoms with Gasteiger partial charge in [-0.2, -0.15) is 4.98 Å². The molecule has 1 amide bonds. The molecule has 3 atom stereocenters. The second-order valence-electron chi connectivity index (χ2n) is 7.49. The molecule has 1 aliphatic rings. The van der Waals surface area contributed by atoms with Crippen LogP contribution in [0.25, 0.3) is 0 Å². The number of benzene rings is 1. The van der Waals surface area contributed by atoms with E-state index in [2.05, 4.69) is 20.6 Å². The van der Waals surface area contributed by atoms with Crippen molar-refractivity contribution in [2.45, 2.75) is 45.2 Å². The predicted molar refractivity (Wildman–Crippen MR) is 114 cm³/mol. The lowest BCUT2D eigenvalue weighted by Gasteiger charge is -2.33. The molecule has 1 saturated carbocycles. The normalized spacial score (nSPS) is 21.0. The molecule has 0 bridgehead atoms. The Morgan fingerprint density at radius 3 is 2.77 bits per heavy atom. The number of primary amides is 1. The molecule has 0 unspecified atom stereocenters. The molecule has 1 aromatic carbocycles. The van der Waals surface area contributed by atoms with Crippen LogP contribution in [-0.4, -0.2) is 40.5 Å². The summed E-state index contributed by atoms with van der Waals surface area (Å²) in [5, 5.41) is 6.37. The molecule has 0 radical (unpaired) electrons. The predicted octanol–water partition coefficient (Wildman–Crippen LogP) is 2.10. The maximum absolute atomic E-state index is 12.0. The number of anilines is 3. The zero-order valence-electron chi connectivity index (χ0n) is 17.2. The lowest BCUT2D eigenvalue weighted by atomic mass is 9.83. The monoisotopic (exact) mass is 412 g/mol. The van der Waals surface area contributed by atoms with Gasteiger partial charge in [-0.1, -0.05) is 12.1 Å². The Hall–Kier alpha value is -3.20. The summed E-state index contributed by atoms with van der Waals surface area (Å²) in [6, 6.07) is 7.35. The first-order valence-electron chi connectivity index (χ1n) is 10.1. The van der Waals surface area contributed by atoms with E-state index in [1.807, 2.05) is 31.2 Å². The number of carbonyl (C=O) groups excluding carboxylic acids is 2. The number of esters is 1. The third-order valence-electron chi connectivity index (χ3n) is 5.17. The first kappa shape index (κ1) is 21.5. The fourth-order valence-electron chi connectivity index (χ4n) is 3.61. The summed E-state index contributed by atoms with van der Waals surface area (Å²) < 4.78 is 5.11. The molecule has 9 heteroatoms. The highest BCUT2D eigenvalue weighted by Gasteiger charge is 2.33. The Labute approximate surface area is 175 Å². The zero-order chi connectivity index (χ0) is 21.7. The van der Waals surface area contributed by atoms with Gasteiger partial charge in [0.05, 0.1) is 12.5 Å². The molecule has 1 aromatic heterocycles. The Balaban J connectivity index is 1.74. The van der Waals surface area contributed by atoms with Crippen LogP contribution < -0.4 is 22.1 Å². The Bertz CT molecular complexity index is 919. The van der Waals surface area contributed by atoms with Crippen molar-refractivity contribution in [1.82, 2.24) is 9.97 Å². The van der Waals surface area contributed by atoms with Gasteiger partial charge in [0.2, 0.25) is 5.95 Å². The Kier molecular flexibility index (Phi) is 6.83. The number of aryl methyl sites for hydroxylation is 1. The number of nitrogens with two attached hydrogens (primary N) is 2. The van der Waals surface area contributed by atoms with Crippen LogP contribution in [-0.2, 0) is 9.53 Å². The fourth-order valence-corrected chi connectivity index (χ4v) is 3.61. The van der Waals surface area contributed by atoms with E-state index in [-0.39, 0.29) is 29.5 Å². The van der Waals surface area contributed by atoms with Crippen molar-refractivity contribution >= 4 is 29.3 Å². The standard InChI is InChI=1S/C21H28N6O3/c1-3-30-20(29)13-7-8-17(16(22)10-13)26-21-24-11-15(18(23)28)19(27-21)25-14-6-4-5-12(2)9-14/h4-6,9,11,13,16-17H,3,7-8,10,22H2,1-2H3,(H2,23,28)(H2,24,25,26,27)/t13-,16+,17-/m1/s1. The molecule has 0 spiro atoms. The zero-order valence-corrected chi connectivity index (χ0v) is 17.2. The maximum Gasteiger partial charge on any atom is 0.308 e. The molecule has 6 N–H and O–H groups in total. The highest BCUT2D eigenvalue weighted by atomic mass is 16.5. The molecule has 1 aliphatic carbocycles. The summed E-state index contributed by atoms with van der Waals surface area (Å²) in [7, 11) is 0. The molecule has 9 nitrogen and oxygen atoms in total. The molecule has 160 valence electrons. The number of nitrogens with zero attached hydrogens (tertiary/aromatic N) is 2. The third kappa shape index (κ3) is 5.24. The SMILES string of the molecule is CCOC(=O)[C@@H]1CC[C@@H](Nc2ncc(C(N)=O)c(Nc3cccc(C)c3)n2)[C@@H](N)C1. The Morgan fingerprint density at radius 1 is 1.30 bits per heavy atom. The van der Waals surface area contributed by atoms with E-state index in [0.29, 0.717) is 37.6 Å². The maximum atomic E-state index is 12.0. The highest BCUT2D eigenvalue weighted by Crippen LogP contribution is 2.27. The van der Waals surface area contributed by atoms with Crippen molar-refractivity contribution < 1.29 is 14.3 Å². The highest BCUT2D eigenvalue weighted by molar-refractivity contribution is 5.98. The second-order valence-corrected chi connectivity index (χ2v) is 7.49. The minimum Gasteiger partial charge on any atom is -0.466 e. The Morgan fingerprint density at radius 2 is 2.10 bits per heavy atom. The number of hydrogen-bond donors (Lipinski definition) is 4. The van der Waals surface area contributed by atoms with E-state index in [4.69, 9.17) is 16.2 Å². The van der Waals surface area contributed by atoms with Crippen molar-refractivity contribution in [3.8, 4) is 0 Å². The lowest BCUT2D eigenvalue weighted by molar-refractivity contribution is -0.149. The lowest BCUT2D eigenvalue weighted by Crippen LogP contribution is -2.47. The largest absolute Gasteiger partial charge is 0.466 e. The fraction of sp³-hybridized carbons (Fsp3) is 0.429. The van der Waals surface area contributed by atoms with Gasteiger partial charge in [0.1, 0.15) is 11.4 Å². The summed E-state index contributed by atoms with van der Waals surface area (Å²) in [6.45, 7) is 4.13. The summed E-state index contributed by atoms with van der Waals surface area (Å²) in [6.07, 6.45) is 3.29. The van der Waals surface area contributed by atoms with Crippen LogP contribution in [0.15, 0.2) is 30.5 Å². The molecular weight excluding hydrogens is 384 g/mol. The van der Waals surface area contributed by atoms with E-state index >= 15 is 0 Å². The number of aromatic nitrogens is 2. The van der Waals surface area contributed by atoms with Gasteiger partial charge in [-0.05, 0) is 50.8 Å². The number of ether oxygens (including phenoxy) is 1. The van der Waals surface area contributed by atoms with Gasteiger partial charge in [-0.3, -0.25) is 9.59 Å². The third-order valence-corrected chi connectivity index (χ3v) is 5.17. The first-order chi connectivity index (χ1) is 14.4. The average molecular weight is 412 g/mol. The van der Waals surface area contributed by atoms with Gasteiger partial charge < -0.3 is 26.8 Å². The smallest absolute Gasteiger partial charge is 0.308 e. The van der Waals surface area contributed by atoms with Gasteiger partial charge in [0.15, 0.2) is 0 Å². The average Bonchev–Trinajstić information content (AvgIpc) is 2.69. The van der Waals surface area contributed by atoms with Gasteiger partial charge in [-0.15, -0.1) is 0 Å². The summed E-state index contributed by atoms with van der Waals surface area (Å²) in [4.78, 5) is 32.5. The van der Waals surface area contributed by atoms with Crippen LogP contribution in [0.4, 0.5) is 17.5 Å². The molecule has 1 fully saturated rings. The van der Waals surface area contributed by atoms with Crippen molar-refractivity contribution in [2.24, 2.45) is 17.4 Å². The number of amides is 1. The van der Waals surface area contributed by atoms with E-state index in [1.165, 1.54) is 6.20 Å². The van der Waals surface area contributed by atoms with Crippen molar-refractivity contribution in [2.75, 3.05) is 17.2 Å². The van der Waals surface area contributed by atoms with Crippen LogP contribution >= 0.6 is 0 Å². The van der Waals surface area contributed by atoms with Gasteiger partial charge in [-0.25, -0.2) is 4.98 Å². The van der Waals surface area contributed by atoms with E-state index in [0.717, 1.165) is 11.3 Å². The van der Waals surface area contributed by atoms with Crippen molar-refractivity contribution in [3.63, 3.8) is 0 Å². The molecule has 3 rings (SSSR count). The molecule has 0 saturated heterocycles. The number of rotatable bonds is 7. The van der Waals surface area contributed by atoms with E-state index < -0.39 is 5.91 Å². The van der Waals surface area contributed by atoms with Crippen molar-refractivity contribution in [3.05, 3.63) is 41.6 Å². The van der Waals surface area contributed by atoms with E-state index in [9.17, 15) is 9.59 Å². The van der Waals surface area contributed by atoms with Crippen LogP contribution in [0, 0.1) is 12.8 Å². The van der Waals surface area contributed by atoms with Crippen LogP contribution in [0.3, 0.4) is 0 Å². The molecule has 0 aliphatic heterocycles. The first-order valence-corrected chi connectivity index (χ1v) is 10.1. The molecule has 2 aromatic rings. The van der Waals surface area contributed by atoms with Gasteiger partial charge in [0, 0.05) is 24.0 Å². The van der Waals surface area contributed by atoms with Crippen molar-refractivity contribution in [1.29, 1.82) is 0 Å². The van der Waals surface area contributed by atoms with Gasteiger partial charge >= 0.3 is 5.97 Å². The van der Waals surface area contributed by atoms with Gasteiger partial charge in [0.25, 0.3) is 5.91 Å². The number of hydrogen-bond acceptors (Lipinski definition) is 8. The molecular formula is C21H28N6O3. The van der Waals surface area contributed by atoms with Crippen LogP contribution in [0.2, 0.25) is 0 Å². The number of carbonyl (C=O) groups is 2. The topological polar surface area (TPSA) is 145 Å². The molecule has 1 heterocycles. The minimum absolute atomic E-state index is 0.0954. The van der Waals surface area contributed by atoms with Crippen LogP contribution in [0.5, 0.6) is 0 Å². The van der Waals surface area contributed by atoms with E-state index in [1.54, 1.807) is 6.92 Å². The second kappa shape index (κ2) is 9.53. The minimum atomic E-state index is -0.622.